The summed E-state index contributed by atoms with van der Waals surface area (Å²) in [4.78, 5) is 27.6. The highest BCUT2D eigenvalue weighted by atomic mass is 16.5. The largest absolute Gasteiger partial charge is 0.493 e. The van der Waals surface area contributed by atoms with Crippen molar-refractivity contribution in [1.29, 1.82) is 0 Å². The lowest BCUT2D eigenvalue weighted by atomic mass is 9.98. The molecule has 0 amide bonds. The molecule has 0 atom stereocenters. The van der Waals surface area contributed by atoms with Gasteiger partial charge in [-0.1, -0.05) is 0 Å². The van der Waals surface area contributed by atoms with Gasteiger partial charge in [0.05, 0.1) is 19.8 Å². The second-order valence-electron chi connectivity index (χ2n) is 4.12. The first-order valence-electron chi connectivity index (χ1n) is 6.02. The number of hydrogen-bond donors (Lipinski definition) is 1. The second-order valence-corrected chi connectivity index (χ2v) is 4.12. The molecule has 0 fully saturated rings. The first kappa shape index (κ1) is 14.5. The molecule has 0 saturated heterocycles. The van der Waals surface area contributed by atoms with E-state index in [0.29, 0.717) is 11.3 Å². The summed E-state index contributed by atoms with van der Waals surface area (Å²) in [5.41, 5.74) is 0.237. The van der Waals surface area contributed by atoms with Crippen molar-refractivity contribution in [3.8, 4) is 11.5 Å². The quantitative estimate of drug-likeness (QED) is 0.847. The molecule has 2 rings (SSSR count). The van der Waals surface area contributed by atoms with Crippen LogP contribution in [0.4, 0.5) is 0 Å². The zero-order valence-electron chi connectivity index (χ0n) is 11.5. The van der Waals surface area contributed by atoms with Crippen LogP contribution in [-0.2, 0) is 0 Å². The van der Waals surface area contributed by atoms with Crippen molar-refractivity contribution in [2.24, 2.45) is 0 Å². The Morgan fingerprint density at radius 1 is 1.00 bits per heavy atom. The maximum Gasteiger partial charge on any atom is 0.336 e. The van der Waals surface area contributed by atoms with Gasteiger partial charge >= 0.3 is 5.97 Å². The highest BCUT2D eigenvalue weighted by Crippen LogP contribution is 2.31. The lowest BCUT2D eigenvalue weighted by Crippen LogP contribution is -2.11. The van der Waals surface area contributed by atoms with Gasteiger partial charge in [-0.2, -0.15) is 0 Å². The molecule has 1 N–H and O–H groups in total. The second kappa shape index (κ2) is 6.04. The van der Waals surface area contributed by atoms with Crippen molar-refractivity contribution < 1.29 is 24.2 Å². The van der Waals surface area contributed by atoms with Gasteiger partial charge in [0.15, 0.2) is 17.3 Å². The number of methoxy groups -OCH3 is 2. The minimum atomic E-state index is -1.21. The zero-order valence-corrected chi connectivity index (χ0v) is 11.5. The Morgan fingerprint density at radius 2 is 1.52 bits per heavy atom. The number of carbonyl (C=O) groups is 2. The predicted octanol–water partition coefficient (Wildman–Crippen LogP) is 2.03. The number of pyridine rings is 1. The molecule has 0 aliphatic carbocycles. The van der Waals surface area contributed by atoms with Crippen molar-refractivity contribution in [2.45, 2.75) is 0 Å². The predicted molar refractivity (Wildman–Crippen MR) is 74.2 cm³/mol. The first-order chi connectivity index (χ1) is 10.1. The minimum absolute atomic E-state index is 0.0337. The number of hydrogen-bond acceptors (Lipinski definition) is 5. The molecule has 6 nitrogen and oxygen atoms in total. The molecule has 108 valence electrons. The van der Waals surface area contributed by atoms with Crippen molar-refractivity contribution >= 4 is 11.8 Å². The fourth-order valence-electron chi connectivity index (χ4n) is 1.90. The third kappa shape index (κ3) is 2.84. The van der Waals surface area contributed by atoms with Crippen LogP contribution in [0.5, 0.6) is 11.5 Å². The van der Waals surface area contributed by atoms with Crippen LogP contribution in [0.25, 0.3) is 0 Å². The molecule has 2 aromatic rings. The molecule has 1 aromatic heterocycles. The molecule has 6 heteroatoms. The monoisotopic (exact) mass is 287 g/mol. The molecule has 0 spiro atoms. The van der Waals surface area contributed by atoms with Gasteiger partial charge in [0, 0.05) is 23.5 Å². The van der Waals surface area contributed by atoms with Crippen LogP contribution in [-0.4, -0.2) is 36.1 Å². The number of aromatic nitrogens is 1. The number of rotatable bonds is 5. The van der Waals surface area contributed by atoms with E-state index in [1.54, 1.807) is 0 Å². The lowest BCUT2D eigenvalue weighted by Gasteiger charge is -2.12. The Balaban J connectivity index is 2.61. The van der Waals surface area contributed by atoms with E-state index in [2.05, 4.69) is 4.98 Å². The van der Waals surface area contributed by atoms with E-state index in [1.165, 1.54) is 50.9 Å². The van der Waals surface area contributed by atoms with Gasteiger partial charge < -0.3 is 14.6 Å². The Morgan fingerprint density at radius 3 is 2.00 bits per heavy atom. The Bertz CT molecular complexity index is 682. The van der Waals surface area contributed by atoms with Gasteiger partial charge in [-0.05, 0) is 24.3 Å². The van der Waals surface area contributed by atoms with Crippen LogP contribution in [0.3, 0.4) is 0 Å². The molecular weight excluding hydrogens is 274 g/mol. The van der Waals surface area contributed by atoms with Crippen LogP contribution in [0.2, 0.25) is 0 Å². The third-order valence-corrected chi connectivity index (χ3v) is 2.94. The average molecular weight is 287 g/mol. The Hall–Kier alpha value is -2.89. The highest BCUT2D eigenvalue weighted by molar-refractivity contribution is 6.14. The van der Waals surface area contributed by atoms with Gasteiger partial charge in [0.1, 0.15) is 0 Å². The summed E-state index contributed by atoms with van der Waals surface area (Å²) in [5.74, 6) is -1.09. The summed E-state index contributed by atoms with van der Waals surface area (Å²) in [7, 11) is 2.81. The number of carboxylic acid groups (broad SMARTS) is 1. The molecule has 0 aliphatic heterocycles. The topological polar surface area (TPSA) is 85.7 Å². The summed E-state index contributed by atoms with van der Waals surface area (Å²) < 4.78 is 10.2. The molecule has 0 saturated carbocycles. The van der Waals surface area contributed by atoms with Gasteiger partial charge in [0.2, 0.25) is 0 Å². The van der Waals surface area contributed by atoms with Crippen LogP contribution in [0.1, 0.15) is 26.3 Å². The van der Waals surface area contributed by atoms with E-state index in [-0.39, 0.29) is 16.9 Å². The van der Waals surface area contributed by atoms with Crippen LogP contribution in [0.15, 0.2) is 36.7 Å². The van der Waals surface area contributed by atoms with Crippen LogP contribution in [0, 0.1) is 0 Å². The Kier molecular flexibility index (Phi) is 4.18. The maximum absolute atomic E-state index is 12.5. The van der Waals surface area contributed by atoms with E-state index < -0.39 is 11.8 Å². The molecule has 0 radical (unpaired) electrons. The van der Waals surface area contributed by atoms with Gasteiger partial charge in [0.25, 0.3) is 0 Å². The number of benzene rings is 1. The zero-order chi connectivity index (χ0) is 15.4. The SMILES string of the molecule is COc1cc(C(=O)O)c(C(=O)c2ccncc2)cc1OC. The Labute approximate surface area is 121 Å². The highest BCUT2D eigenvalue weighted by Gasteiger charge is 2.22. The first-order valence-corrected chi connectivity index (χ1v) is 6.02. The van der Waals surface area contributed by atoms with Crippen LogP contribution < -0.4 is 9.47 Å². The van der Waals surface area contributed by atoms with Gasteiger partial charge in [-0.3, -0.25) is 9.78 Å². The summed E-state index contributed by atoms with van der Waals surface area (Å²) in [6, 6.07) is 5.68. The number of aromatic carboxylic acids is 1. The summed E-state index contributed by atoms with van der Waals surface area (Å²) >= 11 is 0. The van der Waals surface area contributed by atoms with Gasteiger partial charge in [-0.25, -0.2) is 4.79 Å². The fraction of sp³-hybridized carbons (Fsp3) is 0.133. The number of nitrogens with zero attached hydrogens (tertiary/aromatic N) is 1. The van der Waals surface area contributed by atoms with E-state index in [4.69, 9.17) is 9.47 Å². The molecular formula is C15H13NO5. The van der Waals surface area contributed by atoms with Crippen molar-refractivity contribution in [3.63, 3.8) is 0 Å². The van der Waals surface area contributed by atoms with E-state index >= 15 is 0 Å². The summed E-state index contributed by atoms with van der Waals surface area (Å²) in [6.45, 7) is 0. The molecule has 0 bridgehead atoms. The van der Waals surface area contributed by atoms with E-state index in [1.807, 2.05) is 0 Å². The normalized spacial score (nSPS) is 10.0. The van der Waals surface area contributed by atoms with Crippen molar-refractivity contribution in [3.05, 3.63) is 53.3 Å². The summed E-state index contributed by atoms with van der Waals surface area (Å²) in [5, 5.41) is 9.28. The molecule has 0 unspecified atom stereocenters. The number of carboxylic acids is 1. The average Bonchev–Trinajstić information content (AvgIpc) is 2.53. The van der Waals surface area contributed by atoms with E-state index in [0.717, 1.165) is 0 Å². The lowest BCUT2D eigenvalue weighted by molar-refractivity contribution is 0.0692. The minimum Gasteiger partial charge on any atom is -0.493 e. The fourth-order valence-corrected chi connectivity index (χ4v) is 1.90. The van der Waals surface area contributed by atoms with Crippen LogP contribution >= 0.6 is 0 Å². The number of carbonyl (C=O) groups excluding carboxylic acids is 1. The number of ether oxygens (including phenoxy) is 2. The molecule has 21 heavy (non-hydrogen) atoms. The molecule has 1 aromatic carbocycles. The maximum atomic E-state index is 12.5. The summed E-state index contributed by atoms with van der Waals surface area (Å²) in [6.07, 6.45) is 2.93. The van der Waals surface area contributed by atoms with E-state index in [9.17, 15) is 14.7 Å². The third-order valence-electron chi connectivity index (χ3n) is 2.94. The molecule has 1 heterocycles. The van der Waals surface area contributed by atoms with Gasteiger partial charge in [-0.15, -0.1) is 0 Å². The van der Waals surface area contributed by atoms with Crippen molar-refractivity contribution in [2.75, 3.05) is 14.2 Å². The standard InChI is InChI=1S/C15H13NO5/c1-20-12-7-10(11(15(18)19)8-13(12)21-2)14(17)9-3-5-16-6-4-9/h3-8H,1-2H3,(H,18,19). The number of ketones is 1. The smallest absolute Gasteiger partial charge is 0.336 e. The molecule has 0 aliphatic rings. The van der Waals surface area contributed by atoms with Crippen molar-refractivity contribution in [1.82, 2.24) is 4.98 Å².